The number of rotatable bonds is 4. The van der Waals surface area contributed by atoms with Crippen LogP contribution < -0.4 is 5.32 Å². The summed E-state index contributed by atoms with van der Waals surface area (Å²) in [5, 5.41) is 2.93. The number of piperidine rings is 1. The maximum absolute atomic E-state index is 12.8. The first-order valence-corrected chi connectivity index (χ1v) is 10.9. The number of pyridine rings is 2. The monoisotopic (exact) mass is 422 g/mol. The predicted octanol–water partition coefficient (Wildman–Crippen LogP) is 3.09. The number of carbonyl (C=O) groups is 1. The number of hydrogen-bond donors (Lipinski definition) is 1. The highest BCUT2D eigenvalue weighted by atomic mass is 35.5. The van der Waals surface area contributed by atoms with E-state index in [4.69, 9.17) is 11.6 Å². The van der Waals surface area contributed by atoms with Gasteiger partial charge in [-0.05, 0) is 57.4 Å². The van der Waals surface area contributed by atoms with Crippen molar-refractivity contribution in [2.24, 2.45) is 5.92 Å². The summed E-state index contributed by atoms with van der Waals surface area (Å²) in [6, 6.07) is 4.91. The highest BCUT2D eigenvalue weighted by Crippen LogP contribution is 2.28. The number of aromatic nitrogens is 2. The molecule has 2 aromatic heterocycles. The van der Waals surface area contributed by atoms with Gasteiger partial charge in [-0.15, -0.1) is 0 Å². The minimum absolute atomic E-state index is 0.00320. The van der Waals surface area contributed by atoms with Gasteiger partial charge in [-0.2, -0.15) is 4.31 Å². The Labute approximate surface area is 170 Å². The molecule has 0 bridgehead atoms. The quantitative estimate of drug-likeness (QED) is 0.764. The number of amides is 1. The Morgan fingerprint density at radius 2 is 1.93 bits per heavy atom. The summed E-state index contributed by atoms with van der Waals surface area (Å²) in [4.78, 5) is 20.9. The first kappa shape index (κ1) is 20.7. The molecule has 1 fully saturated rings. The minimum atomic E-state index is -3.72. The highest BCUT2D eigenvalue weighted by molar-refractivity contribution is 7.89. The van der Waals surface area contributed by atoms with Gasteiger partial charge in [-0.3, -0.25) is 9.78 Å². The van der Waals surface area contributed by atoms with Crippen LogP contribution in [0.1, 0.15) is 29.8 Å². The zero-order chi connectivity index (χ0) is 20.5. The van der Waals surface area contributed by atoms with Gasteiger partial charge in [0.2, 0.25) is 15.9 Å². The molecule has 28 heavy (non-hydrogen) atoms. The maximum atomic E-state index is 12.8. The van der Waals surface area contributed by atoms with E-state index in [-0.39, 0.29) is 35.0 Å². The largest absolute Gasteiger partial charge is 0.324 e. The Morgan fingerprint density at radius 3 is 2.54 bits per heavy atom. The van der Waals surface area contributed by atoms with Crippen molar-refractivity contribution in [3.05, 3.63) is 46.5 Å². The molecule has 0 aromatic carbocycles. The molecule has 1 aliphatic heterocycles. The van der Waals surface area contributed by atoms with Gasteiger partial charge in [-0.1, -0.05) is 11.6 Å². The molecule has 0 spiro atoms. The summed E-state index contributed by atoms with van der Waals surface area (Å²) in [6.07, 6.45) is 2.34. The molecule has 0 saturated carbocycles. The van der Waals surface area contributed by atoms with Crippen LogP contribution in [0.25, 0.3) is 0 Å². The molecular formula is C19H23ClN4O3S. The molecule has 0 aliphatic carbocycles. The van der Waals surface area contributed by atoms with E-state index < -0.39 is 10.0 Å². The summed E-state index contributed by atoms with van der Waals surface area (Å²) in [5.74, 6) is -0.357. The number of aryl methyl sites for hydroxylation is 3. The van der Waals surface area contributed by atoms with Crippen LogP contribution in [-0.4, -0.2) is 41.7 Å². The summed E-state index contributed by atoms with van der Waals surface area (Å²) in [6.45, 7) is 6.23. The molecule has 9 heteroatoms. The number of anilines is 1. The molecule has 1 N–H and O–H groups in total. The zero-order valence-corrected chi connectivity index (χ0v) is 17.6. The standard InChI is InChI=1S/C19H23ClN4O3S/c1-12-11-13(2)22-14(3)17(12)23-19(25)15-6-9-24(10-7-15)28(26,27)16-5-4-8-21-18(16)20/h4-5,8,11,15H,6-7,9-10H2,1-3H3,(H,23,25). The zero-order valence-electron chi connectivity index (χ0n) is 16.1. The number of sulfonamides is 1. The minimum Gasteiger partial charge on any atom is -0.324 e. The normalized spacial score (nSPS) is 16.1. The SMILES string of the molecule is Cc1cc(C)c(NC(=O)C2CCN(S(=O)(=O)c3cccnc3Cl)CC2)c(C)n1. The lowest BCUT2D eigenvalue weighted by Gasteiger charge is -2.30. The Bertz CT molecular complexity index is 979. The molecular weight excluding hydrogens is 400 g/mol. The lowest BCUT2D eigenvalue weighted by molar-refractivity contribution is -0.120. The number of carbonyl (C=O) groups excluding carboxylic acids is 1. The van der Waals surface area contributed by atoms with E-state index in [0.29, 0.717) is 12.8 Å². The van der Waals surface area contributed by atoms with Crippen molar-refractivity contribution in [3.8, 4) is 0 Å². The molecule has 0 atom stereocenters. The van der Waals surface area contributed by atoms with Crippen molar-refractivity contribution in [2.75, 3.05) is 18.4 Å². The third kappa shape index (κ3) is 4.19. The average Bonchev–Trinajstić information content (AvgIpc) is 2.64. The maximum Gasteiger partial charge on any atom is 0.246 e. The molecule has 0 radical (unpaired) electrons. The van der Waals surface area contributed by atoms with E-state index in [1.807, 2.05) is 26.8 Å². The van der Waals surface area contributed by atoms with Gasteiger partial charge in [0, 0.05) is 30.9 Å². The fraction of sp³-hybridized carbons (Fsp3) is 0.421. The second kappa shape index (κ2) is 8.14. The van der Waals surface area contributed by atoms with E-state index in [1.165, 1.54) is 16.6 Å². The third-order valence-electron chi connectivity index (χ3n) is 4.94. The summed E-state index contributed by atoms with van der Waals surface area (Å²) in [7, 11) is -3.72. The smallest absolute Gasteiger partial charge is 0.246 e. The van der Waals surface area contributed by atoms with Gasteiger partial charge in [0.25, 0.3) is 0 Å². The van der Waals surface area contributed by atoms with Gasteiger partial charge in [0.1, 0.15) is 10.0 Å². The van der Waals surface area contributed by atoms with Crippen LogP contribution in [0.15, 0.2) is 29.3 Å². The topological polar surface area (TPSA) is 92.3 Å². The molecule has 1 amide bonds. The summed E-state index contributed by atoms with van der Waals surface area (Å²) >= 11 is 5.95. The Hall–Kier alpha value is -2.03. The molecule has 1 saturated heterocycles. The van der Waals surface area contributed by atoms with Crippen molar-refractivity contribution in [3.63, 3.8) is 0 Å². The number of nitrogens with zero attached hydrogens (tertiary/aromatic N) is 3. The molecule has 2 aromatic rings. The van der Waals surface area contributed by atoms with E-state index in [2.05, 4.69) is 15.3 Å². The van der Waals surface area contributed by atoms with Gasteiger partial charge in [0.15, 0.2) is 0 Å². The van der Waals surface area contributed by atoms with Crippen LogP contribution in [0.4, 0.5) is 5.69 Å². The second-order valence-electron chi connectivity index (χ2n) is 7.00. The van der Waals surface area contributed by atoms with Crippen molar-refractivity contribution in [1.82, 2.24) is 14.3 Å². The third-order valence-corrected chi connectivity index (χ3v) is 7.28. The van der Waals surface area contributed by atoms with E-state index in [1.54, 1.807) is 6.07 Å². The molecule has 3 rings (SSSR count). The van der Waals surface area contributed by atoms with Crippen LogP contribution in [0.2, 0.25) is 5.15 Å². The van der Waals surface area contributed by atoms with Crippen LogP contribution in [-0.2, 0) is 14.8 Å². The van der Waals surface area contributed by atoms with Crippen molar-refractivity contribution in [2.45, 2.75) is 38.5 Å². The van der Waals surface area contributed by atoms with E-state index in [9.17, 15) is 13.2 Å². The highest BCUT2D eigenvalue weighted by Gasteiger charge is 2.33. The molecule has 150 valence electrons. The van der Waals surface area contributed by atoms with Crippen molar-refractivity contribution >= 4 is 33.2 Å². The van der Waals surface area contributed by atoms with Gasteiger partial charge in [-0.25, -0.2) is 13.4 Å². The van der Waals surface area contributed by atoms with E-state index >= 15 is 0 Å². The van der Waals surface area contributed by atoms with Crippen LogP contribution in [0.3, 0.4) is 0 Å². The van der Waals surface area contributed by atoms with Crippen LogP contribution >= 0.6 is 11.6 Å². The molecule has 0 unspecified atom stereocenters. The average molecular weight is 423 g/mol. The van der Waals surface area contributed by atoms with Crippen LogP contribution in [0, 0.1) is 26.7 Å². The fourth-order valence-electron chi connectivity index (χ4n) is 3.50. The summed E-state index contributed by atoms with van der Waals surface area (Å²) < 4.78 is 26.9. The molecule has 7 nitrogen and oxygen atoms in total. The Morgan fingerprint density at radius 1 is 1.25 bits per heavy atom. The lowest BCUT2D eigenvalue weighted by atomic mass is 9.97. The lowest BCUT2D eigenvalue weighted by Crippen LogP contribution is -2.41. The van der Waals surface area contributed by atoms with E-state index in [0.717, 1.165) is 22.6 Å². The first-order valence-electron chi connectivity index (χ1n) is 9.06. The summed E-state index contributed by atoms with van der Waals surface area (Å²) in [5.41, 5.74) is 3.37. The number of halogens is 1. The predicted molar refractivity (Wildman–Crippen MR) is 108 cm³/mol. The van der Waals surface area contributed by atoms with Gasteiger partial charge < -0.3 is 5.32 Å². The van der Waals surface area contributed by atoms with Crippen molar-refractivity contribution in [1.29, 1.82) is 0 Å². The molecule has 1 aliphatic rings. The molecule has 3 heterocycles. The number of nitrogens with one attached hydrogen (secondary N) is 1. The Balaban J connectivity index is 1.67. The first-order chi connectivity index (χ1) is 13.2. The van der Waals surface area contributed by atoms with Crippen LogP contribution in [0.5, 0.6) is 0 Å². The number of hydrogen-bond acceptors (Lipinski definition) is 5. The fourth-order valence-corrected chi connectivity index (χ4v) is 5.40. The van der Waals surface area contributed by atoms with Gasteiger partial charge in [0.05, 0.1) is 11.4 Å². The Kier molecular flexibility index (Phi) is 6.02. The van der Waals surface area contributed by atoms with Crippen molar-refractivity contribution < 1.29 is 13.2 Å². The van der Waals surface area contributed by atoms with Gasteiger partial charge >= 0.3 is 0 Å². The second-order valence-corrected chi connectivity index (χ2v) is 9.27.